The van der Waals surface area contributed by atoms with Crippen molar-refractivity contribution >= 4 is 11.2 Å². The minimum Gasteiger partial charge on any atom is -0.330 e. The molecule has 2 aromatic heterocycles. The van der Waals surface area contributed by atoms with Crippen molar-refractivity contribution < 1.29 is 0 Å². The van der Waals surface area contributed by atoms with Crippen LogP contribution in [-0.2, 0) is 7.05 Å². The normalized spacial score (nSPS) is 11.2. The maximum atomic E-state index is 4.49. The van der Waals surface area contributed by atoms with Gasteiger partial charge in [-0.25, -0.2) is 9.97 Å². The summed E-state index contributed by atoms with van der Waals surface area (Å²) in [5.41, 5.74) is 5.65. The van der Waals surface area contributed by atoms with Gasteiger partial charge in [-0.1, -0.05) is 0 Å². The highest BCUT2D eigenvalue weighted by Crippen LogP contribution is 2.21. The van der Waals surface area contributed by atoms with Crippen molar-refractivity contribution in [2.45, 2.75) is 27.7 Å². The number of rotatable bonds is 0. The number of aryl methyl sites for hydroxylation is 4. The molecule has 2 aromatic rings. The van der Waals surface area contributed by atoms with Gasteiger partial charge < -0.3 is 4.57 Å². The quantitative estimate of drug-likeness (QED) is 0.636. The van der Waals surface area contributed by atoms with E-state index in [1.165, 1.54) is 11.1 Å². The fraction of sp³-hybridized carbons (Fsp3) is 0.455. The minimum absolute atomic E-state index is 0.866. The SMILES string of the molecule is Cc1nc2nc(C)n(C)c2c(C)c1C. The topological polar surface area (TPSA) is 30.7 Å². The number of fused-ring (bicyclic) bond motifs is 1. The molecule has 74 valence electrons. The third kappa shape index (κ3) is 1.05. The Morgan fingerprint density at radius 1 is 0.929 bits per heavy atom. The molecule has 0 bridgehead atoms. The van der Waals surface area contributed by atoms with Crippen molar-refractivity contribution in [2.24, 2.45) is 7.05 Å². The van der Waals surface area contributed by atoms with Crippen LogP contribution in [0.3, 0.4) is 0 Å². The van der Waals surface area contributed by atoms with Crippen LogP contribution in [0.1, 0.15) is 22.6 Å². The van der Waals surface area contributed by atoms with E-state index in [1.807, 2.05) is 20.9 Å². The summed E-state index contributed by atoms with van der Waals surface area (Å²) in [6, 6.07) is 0. The van der Waals surface area contributed by atoms with Gasteiger partial charge in [0, 0.05) is 12.7 Å². The molecule has 0 aliphatic carbocycles. The summed E-state index contributed by atoms with van der Waals surface area (Å²) in [5.74, 6) is 1.01. The Balaban J connectivity index is 2.99. The van der Waals surface area contributed by atoms with Crippen molar-refractivity contribution in [3.8, 4) is 0 Å². The highest BCUT2D eigenvalue weighted by atomic mass is 15.1. The first kappa shape index (κ1) is 9.19. The van der Waals surface area contributed by atoms with Crippen molar-refractivity contribution in [1.82, 2.24) is 14.5 Å². The number of hydrogen-bond donors (Lipinski definition) is 0. The summed E-state index contributed by atoms with van der Waals surface area (Å²) in [4.78, 5) is 8.91. The molecular weight excluding hydrogens is 174 g/mol. The first-order valence-corrected chi connectivity index (χ1v) is 4.79. The molecule has 0 spiro atoms. The number of pyridine rings is 1. The molecule has 0 amide bonds. The van der Waals surface area contributed by atoms with Gasteiger partial charge in [0.1, 0.15) is 5.82 Å². The molecule has 0 radical (unpaired) electrons. The predicted octanol–water partition coefficient (Wildman–Crippen LogP) is 2.20. The van der Waals surface area contributed by atoms with Gasteiger partial charge in [0.25, 0.3) is 0 Å². The Kier molecular flexibility index (Phi) is 1.84. The molecule has 0 aliphatic rings. The third-order valence-corrected chi connectivity index (χ3v) is 3.03. The van der Waals surface area contributed by atoms with Gasteiger partial charge in [0.05, 0.1) is 5.52 Å². The van der Waals surface area contributed by atoms with E-state index in [1.54, 1.807) is 0 Å². The molecule has 14 heavy (non-hydrogen) atoms. The van der Waals surface area contributed by atoms with Crippen LogP contribution < -0.4 is 0 Å². The standard InChI is InChI=1S/C11H15N3/c1-6-7(2)10-11(12-8(6)3)13-9(4)14(10)5/h1-5H3. The van der Waals surface area contributed by atoms with Crippen LogP contribution >= 0.6 is 0 Å². The van der Waals surface area contributed by atoms with Crippen LogP contribution in [0.5, 0.6) is 0 Å². The lowest BCUT2D eigenvalue weighted by Gasteiger charge is -2.06. The van der Waals surface area contributed by atoms with Gasteiger partial charge >= 0.3 is 0 Å². The summed E-state index contributed by atoms with van der Waals surface area (Å²) in [6.45, 7) is 8.28. The third-order valence-electron chi connectivity index (χ3n) is 3.03. The van der Waals surface area contributed by atoms with E-state index in [9.17, 15) is 0 Å². The van der Waals surface area contributed by atoms with E-state index in [4.69, 9.17) is 0 Å². The molecule has 3 nitrogen and oxygen atoms in total. The van der Waals surface area contributed by atoms with E-state index in [2.05, 4.69) is 28.4 Å². The number of nitrogens with zero attached hydrogens (tertiary/aromatic N) is 3. The summed E-state index contributed by atoms with van der Waals surface area (Å²) < 4.78 is 2.10. The van der Waals surface area contributed by atoms with Gasteiger partial charge in [0.15, 0.2) is 5.65 Å². The largest absolute Gasteiger partial charge is 0.330 e. The molecule has 2 rings (SSSR count). The minimum atomic E-state index is 0.866. The van der Waals surface area contributed by atoms with Gasteiger partial charge in [-0.15, -0.1) is 0 Å². The summed E-state index contributed by atoms with van der Waals surface area (Å²) in [7, 11) is 2.04. The Morgan fingerprint density at radius 2 is 1.57 bits per heavy atom. The van der Waals surface area contributed by atoms with Crippen LogP contribution in [0, 0.1) is 27.7 Å². The van der Waals surface area contributed by atoms with E-state index in [0.29, 0.717) is 0 Å². The molecule has 0 unspecified atom stereocenters. The van der Waals surface area contributed by atoms with Crippen molar-refractivity contribution in [1.29, 1.82) is 0 Å². The molecule has 0 aromatic carbocycles. The van der Waals surface area contributed by atoms with Crippen molar-refractivity contribution in [2.75, 3.05) is 0 Å². The molecule has 2 heterocycles. The second kappa shape index (κ2) is 2.80. The van der Waals surface area contributed by atoms with E-state index < -0.39 is 0 Å². The maximum absolute atomic E-state index is 4.49. The first-order valence-electron chi connectivity index (χ1n) is 4.79. The van der Waals surface area contributed by atoms with Crippen LogP contribution in [0.25, 0.3) is 11.2 Å². The lowest BCUT2D eigenvalue weighted by Crippen LogP contribution is -1.97. The Morgan fingerprint density at radius 3 is 2.21 bits per heavy atom. The van der Waals surface area contributed by atoms with Crippen LogP contribution in [0.2, 0.25) is 0 Å². The fourth-order valence-electron chi connectivity index (χ4n) is 1.78. The average molecular weight is 189 g/mol. The molecule has 0 atom stereocenters. The monoisotopic (exact) mass is 189 g/mol. The van der Waals surface area contributed by atoms with Gasteiger partial charge in [-0.05, 0) is 38.8 Å². The van der Waals surface area contributed by atoms with Gasteiger partial charge in [0.2, 0.25) is 0 Å². The summed E-state index contributed by atoms with van der Waals surface area (Å²) in [6.07, 6.45) is 0. The van der Waals surface area contributed by atoms with Gasteiger partial charge in [-0.2, -0.15) is 0 Å². The highest BCUT2D eigenvalue weighted by Gasteiger charge is 2.11. The zero-order valence-corrected chi connectivity index (χ0v) is 9.34. The Hall–Kier alpha value is -1.38. The van der Waals surface area contributed by atoms with E-state index >= 15 is 0 Å². The Labute approximate surface area is 83.8 Å². The van der Waals surface area contributed by atoms with Crippen LogP contribution in [0.15, 0.2) is 0 Å². The molecular formula is C11H15N3. The molecule has 0 saturated heterocycles. The molecule has 0 saturated carbocycles. The number of imidazole rings is 1. The molecule has 0 aliphatic heterocycles. The first-order chi connectivity index (χ1) is 6.52. The lowest BCUT2D eigenvalue weighted by atomic mass is 10.1. The van der Waals surface area contributed by atoms with Gasteiger partial charge in [-0.3, -0.25) is 0 Å². The second-order valence-electron chi connectivity index (χ2n) is 3.84. The zero-order chi connectivity index (χ0) is 10.5. The van der Waals surface area contributed by atoms with Crippen LogP contribution in [-0.4, -0.2) is 14.5 Å². The zero-order valence-electron chi connectivity index (χ0n) is 9.34. The number of aromatic nitrogens is 3. The van der Waals surface area contributed by atoms with Crippen LogP contribution in [0.4, 0.5) is 0 Å². The Bertz CT molecular complexity index is 509. The second-order valence-corrected chi connectivity index (χ2v) is 3.84. The van der Waals surface area contributed by atoms with E-state index in [0.717, 1.165) is 22.7 Å². The molecule has 0 N–H and O–H groups in total. The average Bonchev–Trinajstić information content (AvgIpc) is 2.39. The molecule has 0 fully saturated rings. The number of hydrogen-bond acceptors (Lipinski definition) is 2. The predicted molar refractivity (Wildman–Crippen MR) is 57.5 cm³/mol. The highest BCUT2D eigenvalue weighted by molar-refractivity contribution is 5.77. The smallest absolute Gasteiger partial charge is 0.178 e. The summed E-state index contributed by atoms with van der Waals surface area (Å²) >= 11 is 0. The molecule has 3 heteroatoms. The van der Waals surface area contributed by atoms with E-state index in [-0.39, 0.29) is 0 Å². The summed E-state index contributed by atoms with van der Waals surface area (Å²) in [5, 5.41) is 0. The van der Waals surface area contributed by atoms with Crippen molar-refractivity contribution in [3.05, 3.63) is 22.6 Å². The maximum Gasteiger partial charge on any atom is 0.178 e. The fourth-order valence-corrected chi connectivity index (χ4v) is 1.78. The van der Waals surface area contributed by atoms with Crippen molar-refractivity contribution in [3.63, 3.8) is 0 Å². The lowest BCUT2D eigenvalue weighted by molar-refractivity contribution is 0.882.